The smallest absolute Gasteiger partial charge is 0.352 e. The molecule has 24 heavy (non-hydrogen) atoms. The number of anilines is 1. The molecule has 0 aliphatic rings. The molecule has 0 saturated heterocycles. The predicted molar refractivity (Wildman–Crippen MR) is 79.6 cm³/mol. The Morgan fingerprint density at radius 3 is 2.58 bits per heavy atom. The minimum Gasteiger partial charge on any atom is -0.352 e. The highest BCUT2D eigenvalue weighted by molar-refractivity contribution is 5.40. The average molecular weight is 338 g/mol. The molecule has 0 atom stereocenters. The fourth-order valence-electron chi connectivity index (χ4n) is 2.20. The summed E-state index contributed by atoms with van der Waals surface area (Å²) < 4.78 is 40.6. The molecule has 0 aromatic carbocycles. The number of pyridine rings is 1. The van der Waals surface area contributed by atoms with Crippen molar-refractivity contribution in [2.45, 2.75) is 12.7 Å². The first-order chi connectivity index (χ1) is 11.3. The van der Waals surface area contributed by atoms with Crippen LogP contribution in [0.5, 0.6) is 0 Å². The molecule has 126 valence electrons. The summed E-state index contributed by atoms with van der Waals surface area (Å²) in [6.07, 6.45) is -0.407. The lowest BCUT2D eigenvalue weighted by molar-refractivity contribution is -0.137. The van der Waals surface area contributed by atoms with E-state index in [1.165, 1.54) is 10.6 Å². The number of aromatic nitrogens is 5. The molecule has 0 aliphatic heterocycles. The number of halogens is 3. The zero-order valence-corrected chi connectivity index (χ0v) is 12.8. The molecule has 0 bridgehead atoms. The number of rotatable bonds is 3. The van der Waals surface area contributed by atoms with Crippen LogP contribution >= 0.6 is 0 Å². The summed E-state index contributed by atoms with van der Waals surface area (Å²) in [4.78, 5) is 17.4. The Labute approximate surface area is 134 Å². The predicted octanol–water partition coefficient (Wildman–Crippen LogP) is 1.48. The third-order valence-corrected chi connectivity index (χ3v) is 3.56. The molecule has 3 aromatic rings. The summed E-state index contributed by atoms with van der Waals surface area (Å²) in [6.45, 7) is 0.229. The first-order valence-corrected chi connectivity index (χ1v) is 6.91. The van der Waals surface area contributed by atoms with Gasteiger partial charge in [-0.05, 0) is 12.1 Å². The van der Waals surface area contributed by atoms with Crippen LogP contribution in [0.2, 0.25) is 0 Å². The second-order valence-corrected chi connectivity index (χ2v) is 5.28. The van der Waals surface area contributed by atoms with E-state index in [1.54, 1.807) is 35.8 Å². The van der Waals surface area contributed by atoms with Crippen molar-refractivity contribution in [3.05, 3.63) is 52.5 Å². The van der Waals surface area contributed by atoms with Gasteiger partial charge in [0.2, 0.25) is 5.65 Å². The summed E-state index contributed by atoms with van der Waals surface area (Å²) in [6, 6.07) is 2.25. The van der Waals surface area contributed by atoms with Crippen LogP contribution in [0, 0.1) is 0 Å². The van der Waals surface area contributed by atoms with Crippen LogP contribution in [0.4, 0.5) is 19.0 Å². The molecule has 3 rings (SSSR count). The number of hydrogen-bond acceptors (Lipinski definition) is 5. The van der Waals surface area contributed by atoms with E-state index in [2.05, 4.69) is 15.2 Å². The lowest BCUT2D eigenvalue weighted by Gasteiger charge is -2.17. The minimum atomic E-state index is -4.42. The van der Waals surface area contributed by atoms with Crippen molar-refractivity contribution in [2.75, 3.05) is 11.9 Å². The van der Waals surface area contributed by atoms with Crippen molar-refractivity contribution < 1.29 is 13.2 Å². The Morgan fingerprint density at radius 2 is 1.96 bits per heavy atom. The van der Waals surface area contributed by atoms with Crippen molar-refractivity contribution in [3.8, 4) is 0 Å². The molecule has 0 unspecified atom stereocenters. The molecule has 10 heteroatoms. The largest absolute Gasteiger partial charge is 0.417 e. The topological polar surface area (TPSA) is 68.3 Å². The van der Waals surface area contributed by atoms with Crippen LogP contribution in [-0.4, -0.2) is 31.2 Å². The third-order valence-electron chi connectivity index (χ3n) is 3.56. The Morgan fingerprint density at radius 1 is 1.21 bits per heavy atom. The Balaban J connectivity index is 1.86. The molecule has 0 aliphatic carbocycles. The molecule has 7 nitrogen and oxygen atoms in total. The van der Waals surface area contributed by atoms with Gasteiger partial charge in [-0.15, -0.1) is 10.2 Å². The van der Waals surface area contributed by atoms with E-state index in [0.29, 0.717) is 11.6 Å². The highest BCUT2D eigenvalue weighted by atomic mass is 19.4. The highest BCUT2D eigenvalue weighted by Gasteiger charge is 2.30. The third kappa shape index (κ3) is 2.82. The molecule has 3 aromatic heterocycles. The van der Waals surface area contributed by atoms with Gasteiger partial charge in [-0.2, -0.15) is 13.2 Å². The van der Waals surface area contributed by atoms with Crippen molar-refractivity contribution in [1.82, 2.24) is 24.1 Å². The zero-order chi connectivity index (χ0) is 17.5. The molecular weight excluding hydrogens is 325 g/mol. The van der Waals surface area contributed by atoms with Crippen LogP contribution in [0.3, 0.4) is 0 Å². The van der Waals surface area contributed by atoms with Crippen molar-refractivity contribution in [1.29, 1.82) is 0 Å². The van der Waals surface area contributed by atoms with E-state index in [4.69, 9.17) is 0 Å². The zero-order valence-electron chi connectivity index (χ0n) is 12.8. The Hall–Kier alpha value is -2.91. The molecule has 0 N–H and O–H groups in total. The summed E-state index contributed by atoms with van der Waals surface area (Å²) >= 11 is 0. The lowest BCUT2D eigenvalue weighted by atomic mass is 10.2. The first kappa shape index (κ1) is 16.0. The van der Waals surface area contributed by atoms with Crippen LogP contribution in [0.15, 0.2) is 35.5 Å². The fourth-order valence-corrected chi connectivity index (χ4v) is 2.20. The molecule has 0 spiro atoms. The van der Waals surface area contributed by atoms with Crippen LogP contribution < -0.4 is 10.5 Å². The number of alkyl halides is 3. The lowest BCUT2D eigenvalue weighted by Crippen LogP contribution is -2.22. The second kappa shape index (κ2) is 5.62. The number of hydrogen-bond donors (Lipinski definition) is 0. The van der Waals surface area contributed by atoms with Gasteiger partial charge in [0.05, 0.1) is 12.1 Å². The Bertz CT molecular complexity index is 928. The van der Waals surface area contributed by atoms with Crippen LogP contribution in [0.25, 0.3) is 5.65 Å². The standard InChI is InChI=1S/C14H13F3N6O/c1-21-5-6-23-11(19-20-12(23)13(21)24)8-22(2)10-4-3-9(7-18-10)14(15,16)17/h3-7H,8H2,1-2H3. The van der Waals surface area contributed by atoms with Gasteiger partial charge in [0.25, 0.3) is 5.56 Å². The van der Waals surface area contributed by atoms with Gasteiger partial charge < -0.3 is 9.47 Å². The normalized spacial score (nSPS) is 11.9. The monoisotopic (exact) mass is 338 g/mol. The first-order valence-electron chi connectivity index (χ1n) is 6.91. The van der Waals surface area contributed by atoms with E-state index < -0.39 is 11.7 Å². The fraction of sp³-hybridized carbons (Fsp3) is 0.286. The van der Waals surface area contributed by atoms with Crippen LogP contribution in [-0.2, 0) is 19.8 Å². The van der Waals surface area contributed by atoms with Crippen LogP contribution in [0.1, 0.15) is 11.4 Å². The quantitative estimate of drug-likeness (QED) is 0.724. The van der Waals surface area contributed by atoms with Gasteiger partial charge in [-0.25, -0.2) is 4.98 Å². The van der Waals surface area contributed by atoms with E-state index in [1.807, 2.05) is 0 Å². The SMILES string of the molecule is CN(Cc1nnc2c(=O)n(C)ccn12)c1ccc(C(F)(F)F)cn1. The summed E-state index contributed by atoms with van der Waals surface area (Å²) in [7, 11) is 3.27. The molecule has 0 fully saturated rings. The second-order valence-electron chi connectivity index (χ2n) is 5.28. The van der Waals surface area contributed by atoms with Gasteiger partial charge in [0, 0.05) is 32.7 Å². The maximum atomic E-state index is 12.6. The number of fused-ring (bicyclic) bond motifs is 1. The molecule has 3 heterocycles. The molecule has 0 radical (unpaired) electrons. The molecular formula is C14H13F3N6O. The molecule has 0 amide bonds. The van der Waals surface area contributed by atoms with E-state index in [9.17, 15) is 18.0 Å². The molecule has 0 saturated carbocycles. The number of nitrogens with zero attached hydrogens (tertiary/aromatic N) is 6. The maximum Gasteiger partial charge on any atom is 0.417 e. The van der Waals surface area contributed by atoms with Gasteiger partial charge >= 0.3 is 6.18 Å². The van der Waals surface area contributed by atoms with Crippen molar-refractivity contribution in [3.63, 3.8) is 0 Å². The highest BCUT2D eigenvalue weighted by Crippen LogP contribution is 2.29. The summed E-state index contributed by atoms with van der Waals surface area (Å²) in [5, 5.41) is 7.83. The van der Waals surface area contributed by atoms with Gasteiger partial charge in [0.15, 0.2) is 5.82 Å². The maximum absolute atomic E-state index is 12.6. The van der Waals surface area contributed by atoms with Crippen molar-refractivity contribution >= 4 is 11.5 Å². The average Bonchev–Trinajstić information content (AvgIpc) is 2.94. The van der Waals surface area contributed by atoms with Gasteiger partial charge in [0.1, 0.15) is 5.82 Å². The van der Waals surface area contributed by atoms with Gasteiger partial charge in [-0.3, -0.25) is 9.20 Å². The van der Waals surface area contributed by atoms with E-state index in [0.717, 1.165) is 12.3 Å². The van der Waals surface area contributed by atoms with Gasteiger partial charge in [-0.1, -0.05) is 0 Å². The summed E-state index contributed by atoms with van der Waals surface area (Å²) in [5.41, 5.74) is -0.911. The summed E-state index contributed by atoms with van der Waals surface area (Å²) in [5.74, 6) is 0.829. The number of aryl methyl sites for hydroxylation is 1. The minimum absolute atomic E-state index is 0.184. The Kier molecular flexibility index (Phi) is 3.74. The van der Waals surface area contributed by atoms with E-state index in [-0.39, 0.29) is 17.8 Å². The van der Waals surface area contributed by atoms with Crippen molar-refractivity contribution in [2.24, 2.45) is 7.05 Å². The van der Waals surface area contributed by atoms with E-state index >= 15 is 0 Å².